The molecule has 0 aliphatic rings. The molecule has 0 heterocycles. The Balaban J connectivity index is 2.82. The van der Waals surface area contributed by atoms with Crippen LogP contribution in [-0.4, -0.2) is 0 Å². The van der Waals surface area contributed by atoms with Crippen molar-refractivity contribution in [3.63, 3.8) is 0 Å². The van der Waals surface area contributed by atoms with E-state index >= 15 is 0 Å². The molecule has 0 atom stereocenters. The molecule has 5 heteroatoms. The van der Waals surface area contributed by atoms with Crippen molar-refractivity contribution < 1.29 is 0 Å². The lowest BCUT2D eigenvalue weighted by Crippen LogP contribution is -1.89. The summed E-state index contributed by atoms with van der Waals surface area (Å²) in [5.41, 5.74) is 2.24. The minimum Gasteiger partial charge on any atom is -0.0843 e. The van der Waals surface area contributed by atoms with E-state index in [2.05, 4.69) is 0 Å². The molecular weight excluding hydrogens is 333 g/mol. The summed E-state index contributed by atoms with van der Waals surface area (Å²) in [6.07, 6.45) is 0. The third-order valence-corrected chi connectivity index (χ3v) is 4.36. The molecule has 0 aliphatic carbocycles. The SMILES string of the molecule is Cc1c(Cl)cc(Cl)c(Cl)c1-c1cc(Cl)ccc1Cl. The molecule has 2 rings (SSSR count). The van der Waals surface area contributed by atoms with Gasteiger partial charge in [0.1, 0.15) is 0 Å². The number of halogens is 5. The lowest BCUT2D eigenvalue weighted by molar-refractivity contribution is 1.46. The highest BCUT2D eigenvalue weighted by atomic mass is 35.5. The molecule has 0 fully saturated rings. The topological polar surface area (TPSA) is 0 Å². The molecule has 0 saturated heterocycles. The summed E-state index contributed by atoms with van der Waals surface area (Å²) in [6.45, 7) is 1.86. The average molecular weight is 340 g/mol. The van der Waals surface area contributed by atoms with Crippen LogP contribution in [0, 0.1) is 6.92 Å². The molecule has 0 bridgehead atoms. The van der Waals surface area contributed by atoms with Gasteiger partial charge < -0.3 is 0 Å². The van der Waals surface area contributed by atoms with Crippen molar-refractivity contribution in [2.75, 3.05) is 0 Å². The maximum absolute atomic E-state index is 6.24. The van der Waals surface area contributed by atoms with Crippen LogP contribution in [0.2, 0.25) is 25.1 Å². The standard InChI is InChI=1S/C13H7Cl5/c1-6-10(16)5-11(17)13(18)12(6)8-4-7(14)2-3-9(8)15/h2-5H,1H3. The third-order valence-electron chi connectivity index (χ3n) is 2.61. The van der Waals surface area contributed by atoms with Crippen molar-refractivity contribution in [3.05, 3.63) is 54.9 Å². The van der Waals surface area contributed by atoms with Crippen molar-refractivity contribution in [2.45, 2.75) is 6.92 Å². The van der Waals surface area contributed by atoms with Crippen molar-refractivity contribution in [1.82, 2.24) is 0 Å². The summed E-state index contributed by atoms with van der Waals surface area (Å²) < 4.78 is 0. The Bertz CT molecular complexity index is 593. The first kappa shape index (κ1) is 14.3. The van der Waals surface area contributed by atoms with Crippen molar-refractivity contribution in [3.8, 4) is 11.1 Å². The predicted octanol–water partition coefficient (Wildman–Crippen LogP) is 6.93. The van der Waals surface area contributed by atoms with E-state index in [1.54, 1.807) is 24.3 Å². The molecular formula is C13H7Cl5. The van der Waals surface area contributed by atoms with Crippen LogP contribution in [0.4, 0.5) is 0 Å². The number of hydrogen-bond acceptors (Lipinski definition) is 0. The van der Waals surface area contributed by atoms with E-state index in [1.165, 1.54) is 0 Å². The van der Waals surface area contributed by atoms with Gasteiger partial charge in [-0.05, 0) is 36.8 Å². The minimum atomic E-state index is 0.387. The summed E-state index contributed by atoms with van der Waals surface area (Å²) >= 11 is 30.6. The zero-order valence-corrected chi connectivity index (χ0v) is 13.0. The molecule has 0 aromatic heterocycles. The molecule has 2 aromatic rings. The van der Waals surface area contributed by atoms with Crippen LogP contribution in [0.15, 0.2) is 24.3 Å². The first-order valence-electron chi connectivity index (χ1n) is 5.01. The van der Waals surface area contributed by atoms with Gasteiger partial charge in [0.2, 0.25) is 0 Å². The van der Waals surface area contributed by atoms with E-state index in [0.717, 1.165) is 11.1 Å². The molecule has 0 aliphatic heterocycles. The maximum Gasteiger partial charge on any atom is 0.0674 e. The number of rotatable bonds is 1. The first-order valence-corrected chi connectivity index (χ1v) is 6.90. The molecule has 0 spiro atoms. The number of benzene rings is 2. The molecule has 0 unspecified atom stereocenters. The Morgan fingerprint density at radius 3 is 2.11 bits per heavy atom. The highest BCUT2D eigenvalue weighted by Gasteiger charge is 2.16. The Morgan fingerprint density at radius 1 is 0.778 bits per heavy atom. The van der Waals surface area contributed by atoms with Gasteiger partial charge in [0.25, 0.3) is 0 Å². The summed E-state index contributed by atoms with van der Waals surface area (Å²) in [6, 6.07) is 6.78. The fourth-order valence-corrected chi connectivity index (χ4v) is 2.84. The average Bonchev–Trinajstić information content (AvgIpc) is 2.31. The quantitative estimate of drug-likeness (QED) is 0.494. The Morgan fingerprint density at radius 2 is 1.44 bits per heavy atom. The number of hydrogen-bond donors (Lipinski definition) is 0. The highest BCUT2D eigenvalue weighted by Crippen LogP contribution is 2.43. The van der Waals surface area contributed by atoms with E-state index < -0.39 is 0 Å². The zero-order valence-electron chi connectivity index (χ0n) is 9.20. The van der Waals surface area contributed by atoms with Crippen molar-refractivity contribution >= 4 is 58.0 Å². The van der Waals surface area contributed by atoms with Gasteiger partial charge in [-0.3, -0.25) is 0 Å². The highest BCUT2D eigenvalue weighted by molar-refractivity contribution is 6.46. The van der Waals surface area contributed by atoms with Crippen LogP contribution < -0.4 is 0 Å². The van der Waals surface area contributed by atoms with Gasteiger partial charge in [0, 0.05) is 26.2 Å². The Kier molecular flexibility index (Phi) is 4.36. The molecule has 0 amide bonds. The van der Waals surface area contributed by atoms with Crippen LogP contribution in [0.5, 0.6) is 0 Å². The largest absolute Gasteiger partial charge is 0.0843 e. The second-order valence-corrected chi connectivity index (χ2v) is 5.81. The zero-order chi connectivity index (χ0) is 13.4. The van der Waals surface area contributed by atoms with Gasteiger partial charge in [-0.1, -0.05) is 58.0 Å². The molecule has 2 aromatic carbocycles. The fraction of sp³-hybridized carbons (Fsp3) is 0.0769. The van der Waals surface area contributed by atoms with Crippen LogP contribution in [0.1, 0.15) is 5.56 Å². The predicted molar refractivity (Wildman–Crippen MR) is 81.7 cm³/mol. The van der Waals surface area contributed by atoms with E-state index in [-0.39, 0.29) is 0 Å². The lowest BCUT2D eigenvalue weighted by atomic mass is 10.0. The summed E-state index contributed by atoms with van der Waals surface area (Å²) in [4.78, 5) is 0. The second kappa shape index (κ2) is 5.48. The van der Waals surface area contributed by atoms with Crippen molar-refractivity contribution in [2.24, 2.45) is 0 Å². The maximum atomic E-state index is 6.24. The summed E-state index contributed by atoms with van der Waals surface area (Å²) in [5.74, 6) is 0. The van der Waals surface area contributed by atoms with E-state index in [9.17, 15) is 0 Å². The van der Waals surface area contributed by atoms with E-state index in [0.29, 0.717) is 30.7 Å². The van der Waals surface area contributed by atoms with Crippen LogP contribution in [0.3, 0.4) is 0 Å². The normalized spacial score (nSPS) is 10.8. The van der Waals surface area contributed by atoms with Crippen LogP contribution in [0.25, 0.3) is 11.1 Å². The second-order valence-electron chi connectivity index (χ2n) is 3.78. The van der Waals surface area contributed by atoms with Crippen LogP contribution >= 0.6 is 58.0 Å². The van der Waals surface area contributed by atoms with Gasteiger partial charge in [-0.15, -0.1) is 0 Å². The molecule has 0 N–H and O–H groups in total. The minimum absolute atomic E-state index is 0.387. The molecule has 18 heavy (non-hydrogen) atoms. The first-order chi connectivity index (χ1) is 8.41. The third kappa shape index (κ3) is 2.59. The molecule has 0 nitrogen and oxygen atoms in total. The summed E-state index contributed by atoms with van der Waals surface area (Å²) in [5, 5.41) is 2.46. The summed E-state index contributed by atoms with van der Waals surface area (Å²) in [7, 11) is 0. The van der Waals surface area contributed by atoms with Gasteiger partial charge in [-0.2, -0.15) is 0 Å². The van der Waals surface area contributed by atoms with Gasteiger partial charge >= 0.3 is 0 Å². The Hall–Kier alpha value is -0.110. The van der Waals surface area contributed by atoms with Gasteiger partial charge in [0.15, 0.2) is 0 Å². The van der Waals surface area contributed by atoms with Crippen LogP contribution in [-0.2, 0) is 0 Å². The van der Waals surface area contributed by atoms with Gasteiger partial charge in [0.05, 0.1) is 10.0 Å². The van der Waals surface area contributed by atoms with Gasteiger partial charge in [-0.25, -0.2) is 0 Å². The molecule has 94 valence electrons. The lowest BCUT2D eigenvalue weighted by Gasteiger charge is -2.13. The monoisotopic (exact) mass is 338 g/mol. The smallest absolute Gasteiger partial charge is 0.0674 e. The fourth-order valence-electron chi connectivity index (χ4n) is 1.70. The Labute approximate surface area is 130 Å². The molecule has 0 radical (unpaired) electrons. The van der Waals surface area contributed by atoms with E-state index in [1.807, 2.05) is 6.92 Å². The molecule has 0 saturated carbocycles. The van der Waals surface area contributed by atoms with E-state index in [4.69, 9.17) is 58.0 Å². The van der Waals surface area contributed by atoms with Crippen molar-refractivity contribution in [1.29, 1.82) is 0 Å².